The standard InChI is InChI=1S/C17H31N3O/c1-4-11-18-17(10-6-8-14-9-7-12-21-14)15-13-20(3)19-16(15)5-2/h13-14,17-18H,4-12H2,1-3H3. The van der Waals surface area contributed by atoms with Crippen LogP contribution in [0.1, 0.15) is 69.7 Å². The van der Waals surface area contributed by atoms with Crippen molar-refractivity contribution >= 4 is 0 Å². The van der Waals surface area contributed by atoms with Crippen LogP contribution in [0.2, 0.25) is 0 Å². The summed E-state index contributed by atoms with van der Waals surface area (Å²) < 4.78 is 7.69. The van der Waals surface area contributed by atoms with E-state index >= 15 is 0 Å². The SMILES string of the molecule is CCCNC(CCCC1CCCO1)c1cn(C)nc1CC. The largest absolute Gasteiger partial charge is 0.378 e. The van der Waals surface area contributed by atoms with E-state index in [4.69, 9.17) is 4.74 Å². The molecule has 0 spiro atoms. The monoisotopic (exact) mass is 293 g/mol. The van der Waals surface area contributed by atoms with Gasteiger partial charge in [-0.05, 0) is 51.5 Å². The van der Waals surface area contributed by atoms with Gasteiger partial charge in [0.05, 0.1) is 11.8 Å². The van der Waals surface area contributed by atoms with Crippen LogP contribution in [0.3, 0.4) is 0 Å². The van der Waals surface area contributed by atoms with Crippen molar-refractivity contribution in [2.24, 2.45) is 7.05 Å². The zero-order valence-electron chi connectivity index (χ0n) is 13.9. The fraction of sp³-hybridized carbons (Fsp3) is 0.824. The maximum absolute atomic E-state index is 5.73. The Morgan fingerprint density at radius 2 is 2.33 bits per heavy atom. The Bertz CT molecular complexity index is 410. The highest BCUT2D eigenvalue weighted by molar-refractivity contribution is 5.21. The number of aryl methyl sites for hydroxylation is 2. The molecule has 1 fully saturated rings. The zero-order chi connectivity index (χ0) is 15.1. The highest BCUT2D eigenvalue weighted by Crippen LogP contribution is 2.25. The van der Waals surface area contributed by atoms with Crippen LogP contribution in [-0.2, 0) is 18.2 Å². The van der Waals surface area contributed by atoms with Crippen molar-refractivity contribution in [2.75, 3.05) is 13.2 Å². The highest BCUT2D eigenvalue weighted by Gasteiger charge is 2.19. The minimum absolute atomic E-state index is 0.440. The highest BCUT2D eigenvalue weighted by atomic mass is 16.5. The predicted molar refractivity (Wildman–Crippen MR) is 86.4 cm³/mol. The lowest BCUT2D eigenvalue weighted by molar-refractivity contribution is 0.101. The Labute approximate surface area is 129 Å². The molecule has 0 bridgehead atoms. The molecule has 2 atom stereocenters. The third kappa shape index (κ3) is 4.82. The van der Waals surface area contributed by atoms with E-state index in [2.05, 4.69) is 30.5 Å². The minimum Gasteiger partial charge on any atom is -0.378 e. The van der Waals surface area contributed by atoms with E-state index in [0.717, 1.165) is 19.6 Å². The van der Waals surface area contributed by atoms with Gasteiger partial charge in [-0.1, -0.05) is 13.8 Å². The number of aromatic nitrogens is 2. The van der Waals surface area contributed by atoms with Crippen LogP contribution >= 0.6 is 0 Å². The van der Waals surface area contributed by atoms with E-state index in [1.54, 1.807) is 0 Å². The summed E-state index contributed by atoms with van der Waals surface area (Å²) in [6.45, 7) is 6.45. The van der Waals surface area contributed by atoms with E-state index in [1.807, 2.05) is 11.7 Å². The summed E-state index contributed by atoms with van der Waals surface area (Å²) in [4.78, 5) is 0. The molecule has 1 saturated heterocycles. The van der Waals surface area contributed by atoms with Crippen LogP contribution in [0.25, 0.3) is 0 Å². The van der Waals surface area contributed by atoms with E-state index in [-0.39, 0.29) is 0 Å². The first-order valence-corrected chi connectivity index (χ1v) is 8.62. The molecule has 120 valence electrons. The van der Waals surface area contributed by atoms with Gasteiger partial charge >= 0.3 is 0 Å². The Kier molecular flexibility index (Phi) is 6.71. The fourth-order valence-electron chi connectivity index (χ4n) is 3.23. The van der Waals surface area contributed by atoms with Crippen LogP contribution in [0.15, 0.2) is 6.20 Å². The molecule has 1 N–H and O–H groups in total. The van der Waals surface area contributed by atoms with Crippen molar-refractivity contribution in [2.45, 2.75) is 70.9 Å². The van der Waals surface area contributed by atoms with Crippen molar-refractivity contribution in [1.29, 1.82) is 0 Å². The predicted octanol–water partition coefficient (Wildman–Crippen LogP) is 3.37. The first-order valence-electron chi connectivity index (χ1n) is 8.62. The molecule has 4 heteroatoms. The summed E-state index contributed by atoms with van der Waals surface area (Å²) in [5, 5.41) is 8.30. The van der Waals surface area contributed by atoms with Crippen molar-refractivity contribution in [3.05, 3.63) is 17.5 Å². The summed E-state index contributed by atoms with van der Waals surface area (Å²) in [5.41, 5.74) is 2.63. The molecular formula is C17H31N3O. The van der Waals surface area contributed by atoms with Crippen LogP contribution < -0.4 is 5.32 Å². The summed E-state index contributed by atoms with van der Waals surface area (Å²) in [6.07, 6.45) is 11.0. The third-order valence-corrected chi connectivity index (χ3v) is 4.33. The van der Waals surface area contributed by atoms with Gasteiger partial charge in [-0.2, -0.15) is 5.10 Å². The zero-order valence-corrected chi connectivity index (χ0v) is 13.9. The molecular weight excluding hydrogens is 262 g/mol. The van der Waals surface area contributed by atoms with Gasteiger partial charge in [-0.25, -0.2) is 0 Å². The van der Waals surface area contributed by atoms with Gasteiger partial charge in [0.25, 0.3) is 0 Å². The second kappa shape index (κ2) is 8.54. The molecule has 2 unspecified atom stereocenters. The third-order valence-electron chi connectivity index (χ3n) is 4.33. The molecule has 0 aromatic carbocycles. The molecule has 21 heavy (non-hydrogen) atoms. The van der Waals surface area contributed by atoms with Crippen LogP contribution in [0.4, 0.5) is 0 Å². The molecule has 0 aliphatic carbocycles. The maximum Gasteiger partial charge on any atom is 0.0669 e. The minimum atomic E-state index is 0.440. The number of rotatable bonds is 9. The van der Waals surface area contributed by atoms with Gasteiger partial charge < -0.3 is 10.1 Å². The fourth-order valence-corrected chi connectivity index (χ4v) is 3.23. The van der Waals surface area contributed by atoms with E-state index in [0.29, 0.717) is 12.1 Å². The molecule has 0 saturated carbocycles. The van der Waals surface area contributed by atoms with E-state index < -0.39 is 0 Å². The molecule has 2 rings (SSSR count). The second-order valence-corrected chi connectivity index (χ2v) is 6.13. The average Bonchev–Trinajstić information content (AvgIpc) is 3.11. The molecule has 0 amide bonds. The first kappa shape index (κ1) is 16.5. The molecule has 1 aromatic rings. The van der Waals surface area contributed by atoms with E-state index in [9.17, 15) is 0 Å². The molecule has 2 heterocycles. The van der Waals surface area contributed by atoms with Gasteiger partial charge in [0.2, 0.25) is 0 Å². The van der Waals surface area contributed by atoms with Crippen LogP contribution in [0, 0.1) is 0 Å². The van der Waals surface area contributed by atoms with Crippen molar-refractivity contribution in [3.8, 4) is 0 Å². The normalized spacial score (nSPS) is 20.0. The van der Waals surface area contributed by atoms with Gasteiger partial charge in [-0.3, -0.25) is 4.68 Å². The van der Waals surface area contributed by atoms with Gasteiger partial charge in [-0.15, -0.1) is 0 Å². The Hall–Kier alpha value is -0.870. The summed E-state index contributed by atoms with van der Waals surface area (Å²) in [7, 11) is 2.02. The smallest absolute Gasteiger partial charge is 0.0669 e. The number of ether oxygens (including phenoxy) is 1. The number of hydrogen-bond acceptors (Lipinski definition) is 3. The average molecular weight is 293 g/mol. The van der Waals surface area contributed by atoms with Gasteiger partial charge in [0, 0.05) is 31.5 Å². The Balaban J connectivity index is 1.92. The lowest BCUT2D eigenvalue weighted by Crippen LogP contribution is -2.23. The number of nitrogens with zero attached hydrogens (tertiary/aromatic N) is 2. The Morgan fingerprint density at radius 1 is 1.48 bits per heavy atom. The number of hydrogen-bond donors (Lipinski definition) is 1. The second-order valence-electron chi connectivity index (χ2n) is 6.13. The summed E-state index contributed by atoms with van der Waals surface area (Å²) in [5.74, 6) is 0. The first-order chi connectivity index (χ1) is 10.2. The summed E-state index contributed by atoms with van der Waals surface area (Å²) >= 11 is 0. The molecule has 4 nitrogen and oxygen atoms in total. The van der Waals surface area contributed by atoms with Gasteiger partial charge in [0.1, 0.15) is 0 Å². The topological polar surface area (TPSA) is 39.1 Å². The van der Waals surface area contributed by atoms with Crippen LogP contribution in [-0.4, -0.2) is 29.0 Å². The number of nitrogens with one attached hydrogen (secondary N) is 1. The quantitative estimate of drug-likeness (QED) is 0.758. The Morgan fingerprint density at radius 3 is 3.00 bits per heavy atom. The maximum atomic E-state index is 5.73. The van der Waals surface area contributed by atoms with Crippen molar-refractivity contribution in [3.63, 3.8) is 0 Å². The molecule has 1 aliphatic rings. The lowest BCUT2D eigenvalue weighted by atomic mass is 9.98. The van der Waals surface area contributed by atoms with E-state index in [1.165, 1.54) is 49.8 Å². The van der Waals surface area contributed by atoms with Crippen molar-refractivity contribution < 1.29 is 4.74 Å². The summed E-state index contributed by atoms with van der Waals surface area (Å²) in [6, 6.07) is 0.440. The lowest BCUT2D eigenvalue weighted by Gasteiger charge is -2.19. The van der Waals surface area contributed by atoms with Gasteiger partial charge in [0.15, 0.2) is 0 Å². The van der Waals surface area contributed by atoms with Crippen molar-refractivity contribution in [1.82, 2.24) is 15.1 Å². The van der Waals surface area contributed by atoms with Crippen LogP contribution in [0.5, 0.6) is 0 Å². The molecule has 1 aromatic heterocycles. The molecule has 1 aliphatic heterocycles. The molecule has 0 radical (unpaired) electrons.